The van der Waals surface area contributed by atoms with Crippen molar-refractivity contribution in [2.24, 2.45) is 0 Å². The summed E-state index contributed by atoms with van der Waals surface area (Å²) in [4.78, 5) is 0. The SMILES string of the molecule is O=S(=O)(O)C(c1ccccc1Cl)(c1ccc(Cl)cc1Cl)c1ccc(O)c(Cl)c1O. The highest BCUT2D eigenvalue weighted by atomic mass is 35.5. The molecule has 0 aromatic heterocycles. The first-order valence-electron chi connectivity index (χ1n) is 7.90. The number of hydrogen-bond acceptors (Lipinski definition) is 4. The lowest BCUT2D eigenvalue weighted by atomic mass is 9.83. The van der Waals surface area contributed by atoms with E-state index in [1.165, 1.54) is 36.4 Å². The predicted molar refractivity (Wildman–Crippen MR) is 114 cm³/mol. The van der Waals surface area contributed by atoms with Crippen molar-refractivity contribution in [3.8, 4) is 11.5 Å². The van der Waals surface area contributed by atoms with Gasteiger partial charge in [-0.25, -0.2) is 0 Å². The van der Waals surface area contributed by atoms with Crippen LogP contribution in [0.4, 0.5) is 0 Å². The zero-order chi connectivity index (χ0) is 21.6. The van der Waals surface area contributed by atoms with Crippen LogP contribution in [0.1, 0.15) is 16.7 Å². The minimum absolute atomic E-state index is 0.0280. The minimum Gasteiger partial charge on any atom is -0.506 e. The van der Waals surface area contributed by atoms with Crippen molar-refractivity contribution in [2.75, 3.05) is 0 Å². The van der Waals surface area contributed by atoms with Crippen LogP contribution in [0.3, 0.4) is 0 Å². The zero-order valence-corrected chi connectivity index (χ0v) is 18.1. The average Bonchev–Trinajstić information content (AvgIpc) is 2.63. The molecular formula is C19H12Cl4O5S. The zero-order valence-electron chi connectivity index (χ0n) is 14.3. The highest BCUT2D eigenvalue weighted by Gasteiger charge is 2.52. The molecular weight excluding hydrogens is 482 g/mol. The number of phenols is 2. The monoisotopic (exact) mass is 492 g/mol. The summed E-state index contributed by atoms with van der Waals surface area (Å²) in [5, 5.41) is 20.0. The topological polar surface area (TPSA) is 94.8 Å². The number of hydrogen-bond donors (Lipinski definition) is 3. The van der Waals surface area contributed by atoms with Crippen molar-refractivity contribution in [1.82, 2.24) is 0 Å². The van der Waals surface area contributed by atoms with Crippen molar-refractivity contribution >= 4 is 56.5 Å². The molecule has 1 unspecified atom stereocenters. The van der Waals surface area contributed by atoms with E-state index < -0.39 is 31.4 Å². The van der Waals surface area contributed by atoms with Crippen LogP contribution in [0.15, 0.2) is 54.6 Å². The van der Waals surface area contributed by atoms with E-state index in [0.29, 0.717) is 0 Å². The summed E-state index contributed by atoms with van der Waals surface area (Å²) in [5.41, 5.74) is -0.582. The lowest BCUT2D eigenvalue weighted by molar-refractivity contribution is 0.431. The molecule has 152 valence electrons. The molecule has 3 aromatic rings. The minimum atomic E-state index is -5.11. The third kappa shape index (κ3) is 3.54. The Morgan fingerprint density at radius 2 is 1.34 bits per heavy atom. The van der Waals surface area contributed by atoms with Crippen molar-refractivity contribution in [1.29, 1.82) is 0 Å². The highest BCUT2D eigenvalue weighted by Crippen LogP contribution is 2.53. The van der Waals surface area contributed by atoms with Gasteiger partial charge in [0.15, 0.2) is 4.75 Å². The Balaban J connectivity index is 2.63. The summed E-state index contributed by atoms with van der Waals surface area (Å²) in [6.07, 6.45) is 0. The second-order valence-corrected chi connectivity index (χ2v) is 9.25. The molecule has 3 rings (SSSR count). The van der Waals surface area contributed by atoms with Gasteiger partial charge in [0, 0.05) is 31.8 Å². The largest absolute Gasteiger partial charge is 0.506 e. The molecule has 0 amide bonds. The molecule has 0 radical (unpaired) electrons. The first kappa shape index (κ1) is 22.0. The van der Waals surface area contributed by atoms with E-state index in [4.69, 9.17) is 46.4 Å². The van der Waals surface area contributed by atoms with Crippen molar-refractivity contribution in [3.05, 3.63) is 91.4 Å². The summed E-state index contributed by atoms with van der Waals surface area (Å²) < 4.78 is 34.0. The van der Waals surface area contributed by atoms with Crippen LogP contribution in [0, 0.1) is 0 Å². The van der Waals surface area contributed by atoms with Crippen molar-refractivity contribution < 1.29 is 23.2 Å². The fourth-order valence-corrected chi connectivity index (χ4v) is 5.67. The van der Waals surface area contributed by atoms with Crippen LogP contribution in [-0.4, -0.2) is 23.2 Å². The molecule has 0 spiro atoms. The summed E-state index contributed by atoms with van der Waals surface area (Å²) >= 11 is 24.6. The standard InChI is InChI=1S/C19H12Cl4O5S/c20-10-5-6-12(15(22)9-10)19(29(26,27)28,11-3-1-2-4-14(11)21)13-7-8-16(24)17(23)18(13)25/h1-9,24-25H,(H,26,27,28). The smallest absolute Gasteiger partial charge is 0.283 e. The molecule has 0 fully saturated rings. The van der Waals surface area contributed by atoms with Crippen LogP contribution in [0.25, 0.3) is 0 Å². The van der Waals surface area contributed by atoms with Gasteiger partial charge in [-0.3, -0.25) is 4.55 Å². The highest BCUT2D eigenvalue weighted by molar-refractivity contribution is 7.87. The molecule has 0 saturated heterocycles. The third-order valence-electron chi connectivity index (χ3n) is 4.43. The third-order valence-corrected chi connectivity index (χ3v) is 7.11. The second kappa shape index (κ2) is 7.87. The van der Waals surface area contributed by atoms with Gasteiger partial charge in [-0.15, -0.1) is 0 Å². The predicted octanol–water partition coefficient (Wildman–Crippen LogP) is 5.89. The van der Waals surface area contributed by atoms with Gasteiger partial charge in [0.25, 0.3) is 10.1 Å². The second-order valence-electron chi connectivity index (χ2n) is 6.06. The summed E-state index contributed by atoms with van der Waals surface area (Å²) in [6, 6.07) is 12.0. The van der Waals surface area contributed by atoms with Gasteiger partial charge >= 0.3 is 0 Å². The Kier molecular flexibility index (Phi) is 5.98. The van der Waals surface area contributed by atoms with E-state index in [1.807, 2.05) is 0 Å². The summed E-state index contributed by atoms with van der Waals surface area (Å²) in [7, 11) is -5.11. The first-order valence-corrected chi connectivity index (χ1v) is 10.9. The quantitative estimate of drug-likeness (QED) is 0.311. The molecule has 0 aliphatic heterocycles. The van der Waals surface area contributed by atoms with E-state index in [2.05, 4.69) is 0 Å². The molecule has 0 aliphatic carbocycles. The van der Waals surface area contributed by atoms with Gasteiger partial charge < -0.3 is 10.2 Å². The molecule has 0 bridgehead atoms. The van der Waals surface area contributed by atoms with Crippen LogP contribution < -0.4 is 0 Å². The Morgan fingerprint density at radius 1 is 0.759 bits per heavy atom. The number of rotatable bonds is 4. The van der Waals surface area contributed by atoms with Gasteiger partial charge in [-0.1, -0.05) is 70.7 Å². The van der Waals surface area contributed by atoms with E-state index in [9.17, 15) is 23.2 Å². The molecule has 3 aromatic carbocycles. The van der Waals surface area contributed by atoms with Crippen LogP contribution in [-0.2, 0) is 14.9 Å². The van der Waals surface area contributed by atoms with E-state index in [-0.39, 0.29) is 31.8 Å². The van der Waals surface area contributed by atoms with Crippen LogP contribution in [0.5, 0.6) is 11.5 Å². The first-order chi connectivity index (χ1) is 13.5. The van der Waals surface area contributed by atoms with Crippen LogP contribution in [0.2, 0.25) is 20.1 Å². The molecule has 0 saturated carbocycles. The Labute approximate surface area is 186 Å². The maximum absolute atomic E-state index is 13.0. The van der Waals surface area contributed by atoms with E-state index >= 15 is 0 Å². The fourth-order valence-electron chi connectivity index (χ4n) is 3.21. The molecule has 3 N–H and O–H groups in total. The molecule has 0 aliphatic rings. The van der Waals surface area contributed by atoms with Gasteiger partial charge in [-0.2, -0.15) is 8.42 Å². The lowest BCUT2D eigenvalue weighted by Crippen LogP contribution is -2.39. The van der Waals surface area contributed by atoms with Gasteiger partial charge in [0.2, 0.25) is 0 Å². The molecule has 5 nitrogen and oxygen atoms in total. The van der Waals surface area contributed by atoms with E-state index in [0.717, 1.165) is 12.1 Å². The molecule has 0 heterocycles. The van der Waals surface area contributed by atoms with Crippen LogP contribution >= 0.6 is 46.4 Å². The summed E-state index contributed by atoms with van der Waals surface area (Å²) in [5.74, 6) is -1.26. The normalized spacial score (nSPS) is 13.8. The Hall–Kier alpha value is -1.67. The van der Waals surface area contributed by atoms with Gasteiger partial charge in [0.1, 0.15) is 16.5 Å². The maximum atomic E-state index is 13.0. The Morgan fingerprint density at radius 3 is 1.93 bits per heavy atom. The Bertz CT molecular complexity index is 1210. The average molecular weight is 494 g/mol. The summed E-state index contributed by atoms with van der Waals surface area (Å²) in [6.45, 7) is 0. The molecule has 10 heteroatoms. The molecule has 29 heavy (non-hydrogen) atoms. The maximum Gasteiger partial charge on any atom is 0.283 e. The van der Waals surface area contributed by atoms with Crippen molar-refractivity contribution in [3.63, 3.8) is 0 Å². The fraction of sp³-hybridized carbons (Fsp3) is 0.0526. The van der Waals surface area contributed by atoms with Crippen molar-refractivity contribution in [2.45, 2.75) is 4.75 Å². The number of phenolic OH excluding ortho intramolecular Hbond substituents is 2. The number of halogens is 4. The molecule has 1 atom stereocenters. The number of benzene rings is 3. The number of aromatic hydroxyl groups is 2. The van der Waals surface area contributed by atoms with Gasteiger partial charge in [0.05, 0.1) is 0 Å². The van der Waals surface area contributed by atoms with Gasteiger partial charge in [-0.05, 0) is 30.3 Å². The van der Waals surface area contributed by atoms with E-state index in [1.54, 1.807) is 6.07 Å². The lowest BCUT2D eigenvalue weighted by Gasteiger charge is -2.34.